The van der Waals surface area contributed by atoms with E-state index in [1.54, 1.807) is 0 Å². The molecule has 6 heteroatoms. The van der Waals surface area contributed by atoms with Gasteiger partial charge in [-0.2, -0.15) is 0 Å². The first kappa shape index (κ1) is 22.4. The molecule has 0 atom stereocenters. The van der Waals surface area contributed by atoms with Crippen molar-refractivity contribution < 1.29 is 14.3 Å². The van der Waals surface area contributed by atoms with Crippen molar-refractivity contribution in [3.8, 4) is 5.75 Å². The Morgan fingerprint density at radius 3 is 2.03 bits per heavy atom. The third-order valence-electron chi connectivity index (χ3n) is 6.39. The first-order valence-electron chi connectivity index (χ1n) is 11.4. The fraction of sp³-hybridized carbons (Fsp3) is 0.520. The Labute approximate surface area is 194 Å². The van der Waals surface area contributed by atoms with Crippen molar-refractivity contribution in [2.75, 3.05) is 6.61 Å². The maximum absolute atomic E-state index is 12.9. The molecule has 0 amide bonds. The summed E-state index contributed by atoms with van der Waals surface area (Å²) in [4.78, 5) is 25.9. The van der Waals surface area contributed by atoms with E-state index in [1.807, 2.05) is 12.1 Å². The van der Waals surface area contributed by atoms with E-state index in [0.29, 0.717) is 46.4 Å². The molecule has 1 N–H and O–H groups in total. The maximum Gasteiger partial charge on any atom is 0.161 e. The van der Waals surface area contributed by atoms with Gasteiger partial charge in [0, 0.05) is 41.3 Å². The van der Waals surface area contributed by atoms with Crippen LogP contribution in [0, 0.1) is 0 Å². The van der Waals surface area contributed by atoms with Crippen LogP contribution in [0.4, 0.5) is 0 Å². The van der Waals surface area contributed by atoms with Gasteiger partial charge in [0.05, 0.1) is 16.7 Å². The Hall–Kier alpha value is -1.78. The molecule has 1 heterocycles. The number of Topliss-reactive ketones (excluding diaryl/α,β-unsaturated/α-hetero) is 2. The molecule has 166 valence electrons. The lowest BCUT2D eigenvalue weighted by molar-refractivity contribution is -0.116. The highest BCUT2D eigenvalue weighted by atomic mass is 35.5. The first-order chi connectivity index (χ1) is 15.0. The minimum absolute atomic E-state index is 0.104. The van der Waals surface area contributed by atoms with Gasteiger partial charge in [0.1, 0.15) is 0 Å². The second-order valence-electron chi connectivity index (χ2n) is 8.62. The highest BCUT2D eigenvalue weighted by molar-refractivity contribution is 6.37. The Morgan fingerprint density at radius 1 is 0.903 bits per heavy atom. The van der Waals surface area contributed by atoms with Gasteiger partial charge in [-0.1, -0.05) is 49.4 Å². The molecule has 0 saturated carbocycles. The zero-order valence-corrected chi connectivity index (χ0v) is 19.5. The van der Waals surface area contributed by atoms with Crippen LogP contribution in [0.15, 0.2) is 34.7 Å². The molecule has 1 aliphatic heterocycles. The minimum atomic E-state index is -0.402. The number of dihydropyridines is 1. The van der Waals surface area contributed by atoms with Gasteiger partial charge in [-0.25, -0.2) is 0 Å². The number of ketones is 2. The lowest BCUT2D eigenvalue weighted by atomic mass is 9.71. The van der Waals surface area contributed by atoms with Crippen LogP contribution in [0.1, 0.15) is 82.6 Å². The molecule has 4 nitrogen and oxygen atoms in total. The summed E-state index contributed by atoms with van der Waals surface area (Å²) in [5.74, 6) is 0.283. The van der Waals surface area contributed by atoms with E-state index >= 15 is 0 Å². The predicted molar refractivity (Wildman–Crippen MR) is 124 cm³/mol. The summed E-state index contributed by atoms with van der Waals surface area (Å²) in [6.07, 6.45) is 8.73. The molecule has 0 unspecified atom stereocenters. The zero-order chi connectivity index (χ0) is 22.0. The summed E-state index contributed by atoms with van der Waals surface area (Å²) in [6, 6.07) is 3.65. The molecule has 0 bridgehead atoms. The Bertz CT molecular complexity index is 899. The molecule has 31 heavy (non-hydrogen) atoms. The molecule has 0 saturated heterocycles. The number of allylic oxidation sites excluding steroid dienone is 4. The van der Waals surface area contributed by atoms with Crippen LogP contribution in [0.25, 0.3) is 0 Å². The van der Waals surface area contributed by atoms with Gasteiger partial charge < -0.3 is 10.1 Å². The highest BCUT2D eigenvalue weighted by Crippen LogP contribution is 2.47. The summed E-state index contributed by atoms with van der Waals surface area (Å²) in [7, 11) is 0. The van der Waals surface area contributed by atoms with Crippen LogP contribution in [0.3, 0.4) is 0 Å². The topological polar surface area (TPSA) is 55.4 Å². The number of unbranched alkanes of at least 4 members (excludes halogenated alkanes) is 3. The van der Waals surface area contributed by atoms with Crippen molar-refractivity contribution in [3.05, 3.63) is 50.3 Å². The average molecular weight is 462 g/mol. The molecule has 0 radical (unpaired) electrons. The van der Waals surface area contributed by atoms with E-state index in [0.717, 1.165) is 55.5 Å². The molecule has 2 aliphatic carbocycles. The normalized spacial score (nSPS) is 19.3. The fourth-order valence-corrected chi connectivity index (χ4v) is 5.52. The van der Waals surface area contributed by atoms with Gasteiger partial charge in [-0.3, -0.25) is 9.59 Å². The van der Waals surface area contributed by atoms with Gasteiger partial charge in [0.2, 0.25) is 0 Å². The number of nitrogens with one attached hydrogen (secondary N) is 1. The second kappa shape index (κ2) is 9.79. The van der Waals surface area contributed by atoms with E-state index in [1.165, 1.54) is 12.8 Å². The first-order valence-corrected chi connectivity index (χ1v) is 12.2. The number of ether oxygens (including phenoxy) is 1. The summed E-state index contributed by atoms with van der Waals surface area (Å²) in [5, 5.41) is 4.28. The monoisotopic (exact) mass is 461 g/mol. The van der Waals surface area contributed by atoms with Crippen molar-refractivity contribution in [2.45, 2.75) is 77.0 Å². The van der Waals surface area contributed by atoms with Crippen molar-refractivity contribution in [1.29, 1.82) is 0 Å². The highest BCUT2D eigenvalue weighted by Gasteiger charge is 2.40. The Kier molecular flexibility index (Phi) is 7.08. The van der Waals surface area contributed by atoms with Crippen LogP contribution >= 0.6 is 23.2 Å². The lowest BCUT2D eigenvalue weighted by Crippen LogP contribution is -2.36. The summed E-state index contributed by atoms with van der Waals surface area (Å²) in [6.45, 7) is 2.73. The number of halogens is 2. The van der Waals surface area contributed by atoms with E-state index < -0.39 is 5.92 Å². The molecule has 0 fully saturated rings. The zero-order valence-electron chi connectivity index (χ0n) is 18.0. The van der Waals surface area contributed by atoms with E-state index in [4.69, 9.17) is 27.9 Å². The number of hydrogen-bond acceptors (Lipinski definition) is 4. The van der Waals surface area contributed by atoms with Crippen LogP contribution in [0.5, 0.6) is 5.75 Å². The maximum atomic E-state index is 12.9. The summed E-state index contributed by atoms with van der Waals surface area (Å²) < 4.78 is 5.88. The molecular formula is C25H29Cl2NO3. The van der Waals surface area contributed by atoms with Gasteiger partial charge in [-0.05, 0) is 49.8 Å². The number of carbonyl (C=O) groups excluding carboxylic acids is 2. The lowest BCUT2D eigenvalue weighted by Gasteiger charge is -2.37. The van der Waals surface area contributed by atoms with Crippen LogP contribution in [0.2, 0.25) is 10.0 Å². The smallest absolute Gasteiger partial charge is 0.161 e. The molecule has 4 rings (SSSR count). The number of carbonyl (C=O) groups is 2. The molecule has 0 spiro atoms. The molecular weight excluding hydrogens is 433 g/mol. The van der Waals surface area contributed by atoms with Crippen molar-refractivity contribution in [3.63, 3.8) is 0 Å². The van der Waals surface area contributed by atoms with Gasteiger partial charge in [-0.15, -0.1) is 0 Å². The van der Waals surface area contributed by atoms with Gasteiger partial charge in [0.15, 0.2) is 17.3 Å². The van der Waals surface area contributed by atoms with Crippen LogP contribution in [-0.2, 0) is 9.59 Å². The SMILES string of the molecule is CCCCCCOc1c(Cl)cc(C2C3=C(CCCC3=O)NC3=C2C(=O)CCC3)cc1Cl. The average Bonchev–Trinajstić information content (AvgIpc) is 2.74. The molecule has 3 aliphatic rings. The number of benzene rings is 1. The number of rotatable bonds is 7. The van der Waals surface area contributed by atoms with E-state index in [9.17, 15) is 9.59 Å². The predicted octanol–water partition coefficient (Wildman–Crippen LogP) is 6.65. The third-order valence-corrected chi connectivity index (χ3v) is 6.95. The fourth-order valence-electron chi connectivity index (χ4n) is 4.90. The van der Waals surface area contributed by atoms with E-state index in [2.05, 4.69) is 12.2 Å². The largest absolute Gasteiger partial charge is 0.490 e. The number of hydrogen-bond donors (Lipinski definition) is 1. The van der Waals surface area contributed by atoms with Crippen LogP contribution in [-0.4, -0.2) is 18.2 Å². The third kappa shape index (κ3) is 4.56. The van der Waals surface area contributed by atoms with Crippen molar-refractivity contribution in [1.82, 2.24) is 5.32 Å². The summed E-state index contributed by atoms with van der Waals surface area (Å²) in [5.41, 5.74) is 4.12. The van der Waals surface area contributed by atoms with Crippen molar-refractivity contribution >= 4 is 34.8 Å². The Balaban J connectivity index is 1.69. The van der Waals surface area contributed by atoms with E-state index in [-0.39, 0.29) is 11.6 Å². The quantitative estimate of drug-likeness (QED) is 0.461. The molecule has 1 aromatic carbocycles. The van der Waals surface area contributed by atoms with Crippen molar-refractivity contribution in [2.24, 2.45) is 0 Å². The Morgan fingerprint density at radius 2 is 1.48 bits per heavy atom. The van der Waals surface area contributed by atoms with Gasteiger partial charge >= 0.3 is 0 Å². The van der Waals surface area contributed by atoms with Gasteiger partial charge in [0.25, 0.3) is 0 Å². The van der Waals surface area contributed by atoms with Crippen LogP contribution < -0.4 is 10.1 Å². The second-order valence-corrected chi connectivity index (χ2v) is 9.43. The molecule has 1 aromatic rings. The standard InChI is InChI=1S/C25H29Cl2NO3/c1-2-3-4-5-12-31-25-16(26)13-15(14-17(25)27)22-23-18(8-6-10-20(23)29)28-19-9-7-11-21(30)24(19)22/h13-14,22,28H,2-12H2,1H3. The minimum Gasteiger partial charge on any atom is -0.490 e. The molecule has 0 aromatic heterocycles. The summed E-state index contributed by atoms with van der Waals surface area (Å²) >= 11 is 13.2.